The first-order valence-electron chi connectivity index (χ1n) is 13.0. The normalized spacial score (nSPS) is 37.7. The van der Waals surface area contributed by atoms with Crippen molar-refractivity contribution in [3.63, 3.8) is 0 Å². The molecule has 4 aromatic heterocycles. The van der Waals surface area contributed by atoms with E-state index in [-0.39, 0.29) is 34.0 Å². The van der Waals surface area contributed by atoms with Crippen LogP contribution in [0.25, 0.3) is 22.3 Å². The SMILES string of the molecule is Nc1nc2c(ncn2[C@@H]2S[C@@H]3COP(=O)(S)O[C@@H]4[C@@H](COP(=O)(S)O[C@@H]2[C@H]3F)OC[C@]4(F)n2cnc3c(N)ccnc32)c(=O)[nH]1. The van der Waals surface area contributed by atoms with Crippen molar-refractivity contribution in [1.82, 2.24) is 34.1 Å². The summed E-state index contributed by atoms with van der Waals surface area (Å²) in [4.78, 5) is 31.1. The Balaban J connectivity index is 1.23. The van der Waals surface area contributed by atoms with Crippen LogP contribution in [-0.2, 0) is 37.8 Å². The van der Waals surface area contributed by atoms with Crippen LogP contribution in [0.1, 0.15) is 5.37 Å². The van der Waals surface area contributed by atoms with E-state index in [2.05, 4.69) is 49.4 Å². The molecule has 242 valence electrons. The largest absolute Gasteiger partial charge is 0.397 e. The molecule has 3 fully saturated rings. The van der Waals surface area contributed by atoms with E-state index in [0.717, 1.165) is 22.7 Å². The maximum atomic E-state index is 16.9. The highest BCUT2D eigenvalue weighted by molar-refractivity contribution is 8.44. The molecule has 2 bridgehead atoms. The third kappa shape index (κ3) is 5.47. The van der Waals surface area contributed by atoms with E-state index < -0.39 is 79.9 Å². The van der Waals surface area contributed by atoms with Crippen LogP contribution >= 0.6 is 49.9 Å². The van der Waals surface area contributed by atoms with E-state index in [4.69, 9.17) is 34.3 Å². The predicted octanol–water partition coefficient (Wildman–Crippen LogP) is 2.60. The summed E-state index contributed by atoms with van der Waals surface area (Å²) < 4.78 is 90.1. The van der Waals surface area contributed by atoms with Crippen molar-refractivity contribution in [2.24, 2.45) is 0 Å². The number of aromatic nitrogens is 7. The van der Waals surface area contributed by atoms with Crippen LogP contribution in [0.15, 0.2) is 29.7 Å². The molecule has 5 N–H and O–H groups in total. The Bertz CT molecular complexity index is 1970. The van der Waals surface area contributed by atoms with E-state index in [9.17, 15) is 13.9 Å². The quantitative estimate of drug-likeness (QED) is 0.148. The summed E-state index contributed by atoms with van der Waals surface area (Å²) in [5.41, 5.74) is 11.4. The Morgan fingerprint density at radius 3 is 2.60 bits per heavy atom. The lowest BCUT2D eigenvalue weighted by Gasteiger charge is -2.31. The van der Waals surface area contributed by atoms with Gasteiger partial charge in [0.15, 0.2) is 22.9 Å². The Morgan fingerprint density at radius 2 is 1.80 bits per heavy atom. The monoisotopic (exact) mass is 725 g/mol. The number of nitrogens with one attached hydrogen (secondary N) is 1. The van der Waals surface area contributed by atoms with Gasteiger partial charge in [-0.3, -0.25) is 37.0 Å². The Kier molecular flexibility index (Phi) is 7.78. The number of alkyl halides is 2. The number of hydrogen-bond acceptors (Lipinski definition) is 15. The van der Waals surface area contributed by atoms with Gasteiger partial charge in [0.2, 0.25) is 11.7 Å². The van der Waals surface area contributed by atoms with Gasteiger partial charge in [0.25, 0.3) is 5.56 Å². The Morgan fingerprint density at radius 1 is 1.07 bits per heavy atom. The van der Waals surface area contributed by atoms with Gasteiger partial charge in [-0.1, -0.05) is 24.5 Å². The Labute approximate surface area is 265 Å². The summed E-state index contributed by atoms with van der Waals surface area (Å²) in [7, 11) is 0. The van der Waals surface area contributed by atoms with E-state index in [1.165, 1.54) is 23.2 Å². The summed E-state index contributed by atoms with van der Waals surface area (Å²) in [6, 6.07) is 1.48. The number of rotatable bonds is 2. The predicted molar refractivity (Wildman–Crippen MR) is 163 cm³/mol. The van der Waals surface area contributed by atoms with Gasteiger partial charge in [-0.2, -0.15) is 4.98 Å². The summed E-state index contributed by atoms with van der Waals surface area (Å²) in [5, 5.41) is -2.19. The van der Waals surface area contributed by atoms with Crippen molar-refractivity contribution < 1.29 is 40.7 Å². The number of aromatic amines is 1. The minimum absolute atomic E-state index is 0.0000970. The van der Waals surface area contributed by atoms with Crippen molar-refractivity contribution in [2.45, 2.75) is 40.9 Å². The lowest BCUT2D eigenvalue weighted by Crippen LogP contribution is -2.44. The maximum absolute atomic E-state index is 16.9. The van der Waals surface area contributed by atoms with Gasteiger partial charge in [0.05, 0.1) is 36.8 Å². The number of thiol groups is 2. The zero-order valence-corrected chi connectivity index (χ0v) is 26.8. The van der Waals surface area contributed by atoms with Gasteiger partial charge in [0.1, 0.15) is 35.9 Å². The standard InChI is InChI=1S/C21H23F2N9O8P2S3/c22-11-10-4-38-42(35,44)40-15-9(36-5-21(15,23)32-7-28-12-8(24)1-2-26-16(12)32)3-37-41(34,43)39-14(11)19(45-10)31-6-27-13-17(31)29-20(25)30-18(13)33/h1-2,6-7,9-11,14-15,19H,3-5H2,(H2,24,26)(H,34,43)(H,35,44)(H3,25,29,30,33)/t9-,10-,11+,14-,15-,19-,21+,41?,42?/m1/s1. The van der Waals surface area contributed by atoms with Crippen molar-refractivity contribution in [3.8, 4) is 0 Å². The van der Waals surface area contributed by atoms with Crippen molar-refractivity contribution in [1.29, 1.82) is 0 Å². The summed E-state index contributed by atoms with van der Waals surface area (Å²) >= 11 is 8.99. The number of halogens is 2. The van der Waals surface area contributed by atoms with Gasteiger partial charge in [-0.25, -0.2) is 32.9 Å². The highest BCUT2D eigenvalue weighted by Crippen LogP contribution is 2.62. The Hall–Kier alpha value is -2.26. The summed E-state index contributed by atoms with van der Waals surface area (Å²) in [5.74, 6) is -2.83. The van der Waals surface area contributed by atoms with Gasteiger partial charge >= 0.3 is 13.6 Å². The van der Waals surface area contributed by atoms with Crippen LogP contribution in [0.2, 0.25) is 0 Å². The fraction of sp³-hybridized carbons (Fsp3) is 0.476. The number of anilines is 2. The molecule has 9 atom stereocenters. The molecular formula is C21H23F2N9O8P2S3. The molecule has 7 rings (SSSR count). The smallest absolute Gasteiger partial charge is 0.386 e. The molecule has 45 heavy (non-hydrogen) atoms. The minimum Gasteiger partial charge on any atom is -0.397 e. The molecule has 3 saturated heterocycles. The van der Waals surface area contributed by atoms with Crippen LogP contribution in [0, 0.1) is 0 Å². The number of H-pyrrole nitrogens is 1. The molecule has 24 heteroatoms. The molecule has 7 heterocycles. The van der Waals surface area contributed by atoms with Crippen molar-refractivity contribution >= 4 is 83.8 Å². The van der Waals surface area contributed by atoms with Gasteiger partial charge in [-0.05, 0) is 6.07 Å². The number of fused-ring (bicyclic) bond motifs is 5. The molecule has 0 spiro atoms. The van der Waals surface area contributed by atoms with Gasteiger partial charge < -0.3 is 16.2 Å². The average Bonchev–Trinajstić information content (AvgIpc) is 3.73. The first kappa shape index (κ1) is 31.3. The van der Waals surface area contributed by atoms with E-state index in [0.29, 0.717) is 0 Å². The van der Waals surface area contributed by atoms with Crippen LogP contribution < -0.4 is 17.0 Å². The third-order valence-corrected chi connectivity index (χ3v) is 12.2. The van der Waals surface area contributed by atoms with E-state index in [1.54, 1.807) is 0 Å². The van der Waals surface area contributed by atoms with Gasteiger partial charge in [-0.15, -0.1) is 11.8 Å². The fourth-order valence-electron chi connectivity index (χ4n) is 5.37. The molecule has 4 aromatic rings. The fourth-order valence-corrected chi connectivity index (χ4v) is 9.97. The number of nitrogens with zero attached hydrogens (tertiary/aromatic N) is 6. The number of ether oxygens (including phenoxy) is 1. The molecule has 3 aliphatic rings. The number of nitrogens with two attached hydrogens (primary N) is 2. The zero-order valence-electron chi connectivity index (χ0n) is 22.5. The second-order valence-corrected chi connectivity index (χ2v) is 17.4. The molecule has 0 amide bonds. The molecular weight excluding hydrogens is 702 g/mol. The summed E-state index contributed by atoms with van der Waals surface area (Å²) in [6.07, 6.45) is -2.89. The topological polar surface area (TPSA) is 227 Å². The molecule has 0 saturated carbocycles. The number of pyridine rings is 1. The molecule has 0 aromatic carbocycles. The second-order valence-electron chi connectivity index (χ2n) is 10.3. The maximum Gasteiger partial charge on any atom is 0.386 e. The molecule has 3 aliphatic heterocycles. The number of nitrogen functional groups attached to an aromatic ring is 2. The third-order valence-electron chi connectivity index (χ3n) is 7.44. The lowest BCUT2D eigenvalue weighted by atomic mass is 10.1. The molecule has 0 radical (unpaired) electrons. The van der Waals surface area contributed by atoms with Crippen molar-refractivity contribution in [2.75, 3.05) is 31.3 Å². The number of hydrogen-bond donors (Lipinski definition) is 5. The van der Waals surface area contributed by atoms with Crippen LogP contribution in [0.5, 0.6) is 0 Å². The number of imidazole rings is 2. The highest BCUT2D eigenvalue weighted by atomic mass is 32.7. The minimum atomic E-state index is -4.46. The summed E-state index contributed by atoms with van der Waals surface area (Å²) in [6.45, 7) is -10.8. The molecule has 2 unspecified atom stereocenters. The number of thioether (sulfide) groups is 1. The van der Waals surface area contributed by atoms with E-state index in [1.807, 2.05) is 0 Å². The molecule has 17 nitrogen and oxygen atoms in total. The first-order chi connectivity index (χ1) is 21.3. The van der Waals surface area contributed by atoms with Crippen molar-refractivity contribution in [3.05, 3.63) is 35.3 Å². The van der Waals surface area contributed by atoms with Crippen LogP contribution in [0.4, 0.5) is 20.4 Å². The second kappa shape index (κ2) is 11.2. The zero-order chi connectivity index (χ0) is 31.9. The molecule has 0 aliphatic carbocycles. The van der Waals surface area contributed by atoms with Crippen LogP contribution in [0.3, 0.4) is 0 Å². The van der Waals surface area contributed by atoms with Crippen LogP contribution in [-0.4, -0.2) is 83.6 Å². The first-order valence-corrected chi connectivity index (χ1v) is 19.3. The van der Waals surface area contributed by atoms with E-state index >= 15 is 8.78 Å². The van der Waals surface area contributed by atoms with Gasteiger partial charge in [0, 0.05) is 6.20 Å². The average molecular weight is 726 g/mol. The highest BCUT2D eigenvalue weighted by Gasteiger charge is 2.58. The lowest BCUT2D eigenvalue weighted by molar-refractivity contribution is -0.0334.